The molecule has 3 aliphatic heterocycles. The SMILES string of the molecule is Cc1ccc2c(c1)C[NH2+]C[C@]21C[NH2+]CC1C(=O)N1CC[C@@H](c2ccccc2)C[C@H]1C1CCCCC1. The topological polar surface area (TPSA) is 53.5 Å². The molecule has 0 bridgehead atoms. The highest BCUT2D eigenvalue weighted by Gasteiger charge is 2.57. The highest BCUT2D eigenvalue weighted by molar-refractivity contribution is 5.82. The summed E-state index contributed by atoms with van der Waals surface area (Å²) in [6.45, 7) is 7.20. The van der Waals surface area contributed by atoms with Crippen LogP contribution in [0.25, 0.3) is 0 Å². The fourth-order valence-corrected chi connectivity index (χ4v) is 8.17. The molecule has 3 fully saturated rings. The van der Waals surface area contributed by atoms with Crippen molar-refractivity contribution >= 4 is 5.91 Å². The number of rotatable bonds is 3. The summed E-state index contributed by atoms with van der Waals surface area (Å²) < 4.78 is 0. The number of hydrogen-bond donors (Lipinski definition) is 2. The number of likely N-dealkylation sites (tertiary alicyclic amines) is 1. The summed E-state index contributed by atoms with van der Waals surface area (Å²) in [5.41, 5.74) is 5.70. The minimum Gasteiger partial charge on any atom is -0.345 e. The number of carbonyl (C=O) groups is 1. The number of aryl methyl sites for hydroxylation is 1. The number of piperidine rings is 1. The van der Waals surface area contributed by atoms with Crippen molar-refractivity contribution in [1.29, 1.82) is 0 Å². The molecule has 2 saturated heterocycles. The van der Waals surface area contributed by atoms with Gasteiger partial charge in [-0.1, -0.05) is 73.4 Å². The largest absolute Gasteiger partial charge is 0.345 e. The van der Waals surface area contributed by atoms with E-state index in [1.165, 1.54) is 54.4 Å². The lowest BCUT2D eigenvalue weighted by atomic mass is 9.67. The Balaban J connectivity index is 1.30. The molecule has 4 N–H and O–H groups in total. The highest BCUT2D eigenvalue weighted by Crippen LogP contribution is 2.42. The van der Waals surface area contributed by atoms with E-state index in [1.54, 1.807) is 0 Å². The number of carbonyl (C=O) groups excluding carboxylic acids is 1. The Morgan fingerprint density at radius 2 is 1.77 bits per heavy atom. The van der Waals surface area contributed by atoms with Gasteiger partial charge < -0.3 is 15.5 Å². The number of nitrogens with two attached hydrogens (primary N) is 2. The Hall–Kier alpha value is -2.17. The maximum absolute atomic E-state index is 14.5. The van der Waals surface area contributed by atoms with E-state index in [-0.39, 0.29) is 11.3 Å². The number of nitrogens with zero attached hydrogens (tertiary/aromatic N) is 1. The zero-order valence-corrected chi connectivity index (χ0v) is 21.4. The van der Waals surface area contributed by atoms with Crippen LogP contribution in [0.3, 0.4) is 0 Å². The first-order valence-corrected chi connectivity index (χ1v) is 14.2. The molecular formula is C31H43N3O+2. The maximum atomic E-state index is 14.5. The van der Waals surface area contributed by atoms with Gasteiger partial charge >= 0.3 is 0 Å². The van der Waals surface area contributed by atoms with Crippen LogP contribution in [0.2, 0.25) is 0 Å². The van der Waals surface area contributed by atoms with Crippen LogP contribution in [0.1, 0.15) is 73.1 Å². The van der Waals surface area contributed by atoms with Crippen molar-refractivity contribution in [2.45, 2.75) is 75.8 Å². The Labute approximate surface area is 210 Å². The third kappa shape index (κ3) is 4.23. The van der Waals surface area contributed by atoms with Gasteiger partial charge in [0.15, 0.2) is 0 Å². The molecule has 4 nitrogen and oxygen atoms in total. The quantitative estimate of drug-likeness (QED) is 0.708. The maximum Gasteiger partial charge on any atom is 0.233 e. The summed E-state index contributed by atoms with van der Waals surface area (Å²) in [6, 6.07) is 18.5. The van der Waals surface area contributed by atoms with Crippen molar-refractivity contribution in [2.24, 2.45) is 11.8 Å². The standard InChI is InChI=1S/C31H41N3O/c1-22-12-13-27-26(16-22)18-32-20-31(27)21-33-19-28(31)30(35)34-15-14-25(23-8-4-2-5-9-23)17-29(34)24-10-6-3-7-11-24/h2,4-5,8-9,12-13,16,24-25,28-29,32-33H,3,6-7,10-11,14-15,17-21H2,1H3/p+2/t25-,28?,29+,31+/m1/s1. The van der Waals surface area contributed by atoms with Gasteiger partial charge in [-0.15, -0.1) is 0 Å². The monoisotopic (exact) mass is 473 g/mol. The van der Waals surface area contributed by atoms with Crippen LogP contribution in [0, 0.1) is 18.8 Å². The molecule has 1 unspecified atom stereocenters. The number of quaternary nitrogens is 2. The summed E-state index contributed by atoms with van der Waals surface area (Å²) in [5.74, 6) is 1.82. The van der Waals surface area contributed by atoms with Gasteiger partial charge in [0.05, 0.1) is 19.6 Å². The minimum atomic E-state index is -0.0221. The van der Waals surface area contributed by atoms with Gasteiger partial charge in [0, 0.05) is 18.2 Å². The van der Waals surface area contributed by atoms with E-state index < -0.39 is 0 Å². The van der Waals surface area contributed by atoms with Crippen molar-refractivity contribution in [3.63, 3.8) is 0 Å². The zero-order valence-electron chi connectivity index (χ0n) is 21.4. The molecule has 4 heteroatoms. The number of amides is 1. The summed E-state index contributed by atoms with van der Waals surface area (Å²) in [4.78, 5) is 16.9. The molecule has 1 aliphatic carbocycles. The normalized spacial score (nSPS) is 31.5. The van der Waals surface area contributed by atoms with Gasteiger partial charge in [-0.2, -0.15) is 0 Å². The van der Waals surface area contributed by atoms with Crippen LogP contribution in [0.5, 0.6) is 0 Å². The Kier molecular flexibility index (Phi) is 6.45. The third-order valence-corrected chi connectivity index (χ3v) is 9.94. The van der Waals surface area contributed by atoms with Gasteiger partial charge in [-0.05, 0) is 55.6 Å². The molecule has 1 spiro atoms. The molecule has 2 aromatic carbocycles. The van der Waals surface area contributed by atoms with Gasteiger partial charge in [0.2, 0.25) is 5.91 Å². The molecule has 4 aliphatic rings. The van der Waals surface area contributed by atoms with Gasteiger partial charge in [0.25, 0.3) is 0 Å². The molecule has 4 atom stereocenters. The Morgan fingerprint density at radius 3 is 2.60 bits per heavy atom. The van der Waals surface area contributed by atoms with E-state index in [0.717, 1.165) is 45.6 Å². The van der Waals surface area contributed by atoms with Crippen LogP contribution >= 0.6 is 0 Å². The van der Waals surface area contributed by atoms with Crippen molar-refractivity contribution in [3.05, 3.63) is 70.8 Å². The first-order chi connectivity index (χ1) is 17.2. The van der Waals surface area contributed by atoms with Crippen molar-refractivity contribution in [3.8, 4) is 0 Å². The van der Waals surface area contributed by atoms with E-state index in [4.69, 9.17) is 0 Å². The second-order valence-electron chi connectivity index (χ2n) is 11.9. The van der Waals surface area contributed by atoms with E-state index in [9.17, 15) is 4.79 Å². The minimum absolute atomic E-state index is 0.0221. The first-order valence-electron chi connectivity index (χ1n) is 14.2. The zero-order chi connectivity index (χ0) is 23.8. The molecular weight excluding hydrogens is 430 g/mol. The summed E-state index contributed by atoms with van der Waals surface area (Å²) >= 11 is 0. The summed E-state index contributed by atoms with van der Waals surface area (Å²) in [6.07, 6.45) is 8.88. The van der Waals surface area contributed by atoms with Crippen LogP contribution in [0.15, 0.2) is 48.5 Å². The van der Waals surface area contributed by atoms with Crippen molar-refractivity contribution in [1.82, 2.24) is 4.90 Å². The molecule has 1 amide bonds. The average Bonchev–Trinajstić information content (AvgIpc) is 3.32. The number of benzene rings is 2. The molecule has 2 aromatic rings. The lowest BCUT2D eigenvalue weighted by molar-refractivity contribution is -0.691. The van der Waals surface area contributed by atoms with Gasteiger partial charge in [0.1, 0.15) is 17.9 Å². The lowest BCUT2D eigenvalue weighted by Gasteiger charge is -2.47. The Morgan fingerprint density at radius 1 is 0.971 bits per heavy atom. The van der Waals surface area contributed by atoms with E-state index in [0.29, 0.717) is 23.8 Å². The van der Waals surface area contributed by atoms with Crippen molar-refractivity contribution < 1.29 is 15.4 Å². The first kappa shape index (κ1) is 23.2. The molecule has 6 rings (SSSR count). The smallest absolute Gasteiger partial charge is 0.233 e. The summed E-state index contributed by atoms with van der Waals surface area (Å²) in [7, 11) is 0. The highest BCUT2D eigenvalue weighted by atomic mass is 16.2. The van der Waals surface area contributed by atoms with Gasteiger partial charge in [-0.25, -0.2) is 0 Å². The average molecular weight is 474 g/mol. The lowest BCUT2D eigenvalue weighted by Crippen LogP contribution is -2.91. The van der Waals surface area contributed by atoms with E-state index in [1.807, 2.05) is 0 Å². The van der Waals surface area contributed by atoms with Crippen LogP contribution in [-0.2, 0) is 16.8 Å². The van der Waals surface area contributed by atoms with Crippen LogP contribution < -0.4 is 10.6 Å². The molecule has 0 radical (unpaired) electrons. The second kappa shape index (κ2) is 9.71. The predicted molar refractivity (Wildman–Crippen MR) is 139 cm³/mol. The molecule has 186 valence electrons. The Bertz CT molecular complexity index is 1050. The molecule has 3 heterocycles. The van der Waals surface area contributed by atoms with E-state index in [2.05, 4.69) is 71.0 Å². The fraction of sp³-hybridized carbons (Fsp3) is 0.581. The molecule has 0 aromatic heterocycles. The third-order valence-electron chi connectivity index (χ3n) is 9.94. The fourth-order valence-electron chi connectivity index (χ4n) is 8.17. The van der Waals surface area contributed by atoms with Crippen LogP contribution in [0.4, 0.5) is 0 Å². The van der Waals surface area contributed by atoms with Gasteiger partial charge in [-0.3, -0.25) is 4.79 Å². The summed E-state index contributed by atoms with van der Waals surface area (Å²) in [5, 5.41) is 4.89. The number of hydrogen-bond acceptors (Lipinski definition) is 1. The second-order valence-corrected chi connectivity index (χ2v) is 11.9. The van der Waals surface area contributed by atoms with Crippen LogP contribution in [-0.4, -0.2) is 43.0 Å². The van der Waals surface area contributed by atoms with Crippen molar-refractivity contribution in [2.75, 3.05) is 26.2 Å². The molecule has 1 saturated carbocycles. The molecule has 35 heavy (non-hydrogen) atoms. The predicted octanol–water partition coefficient (Wildman–Crippen LogP) is 2.86. The number of fused-ring (bicyclic) bond motifs is 2. The van der Waals surface area contributed by atoms with E-state index >= 15 is 0 Å².